The molecule has 0 amide bonds. The van der Waals surface area contributed by atoms with Gasteiger partial charge < -0.3 is 14.6 Å². The number of halogens is 1. The van der Waals surface area contributed by atoms with Crippen molar-refractivity contribution in [1.29, 1.82) is 0 Å². The van der Waals surface area contributed by atoms with Crippen LogP contribution in [0.1, 0.15) is 12.7 Å². The Kier molecular flexibility index (Phi) is 4.10. The summed E-state index contributed by atoms with van der Waals surface area (Å²) >= 11 is 6.11. The number of hydrogen-bond donors (Lipinski definition) is 1. The minimum atomic E-state index is 0.611. The van der Waals surface area contributed by atoms with Gasteiger partial charge in [-0.3, -0.25) is 0 Å². The van der Waals surface area contributed by atoms with E-state index in [9.17, 15) is 0 Å². The molecule has 18 heavy (non-hydrogen) atoms. The SMILES string of the molecule is CCOc1ccc(NCc2nccn2C)cc1Cl. The van der Waals surface area contributed by atoms with E-state index in [0.717, 1.165) is 11.5 Å². The highest BCUT2D eigenvalue weighted by atomic mass is 35.5. The normalized spacial score (nSPS) is 10.4. The first-order chi connectivity index (χ1) is 8.70. The quantitative estimate of drug-likeness (QED) is 0.903. The number of ether oxygens (including phenoxy) is 1. The number of nitrogens with one attached hydrogen (secondary N) is 1. The average Bonchev–Trinajstić information content (AvgIpc) is 2.76. The molecule has 1 aromatic carbocycles. The van der Waals surface area contributed by atoms with E-state index in [2.05, 4.69) is 10.3 Å². The predicted octanol–water partition coefficient (Wildman–Crippen LogP) is 3.08. The second kappa shape index (κ2) is 5.78. The average molecular weight is 266 g/mol. The van der Waals surface area contributed by atoms with Crippen LogP contribution in [0.25, 0.3) is 0 Å². The van der Waals surface area contributed by atoms with Gasteiger partial charge >= 0.3 is 0 Å². The van der Waals surface area contributed by atoms with E-state index in [1.54, 1.807) is 6.20 Å². The molecule has 0 bridgehead atoms. The van der Waals surface area contributed by atoms with Crippen molar-refractivity contribution in [3.8, 4) is 5.75 Å². The molecule has 0 atom stereocenters. The number of rotatable bonds is 5. The molecule has 0 aliphatic heterocycles. The van der Waals surface area contributed by atoms with E-state index in [-0.39, 0.29) is 0 Å². The van der Waals surface area contributed by atoms with Crippen molar-refractivity contribution in [2.45, 2.75) is 13.5 Å². The maximum Gasteiger partial charge on any atom is 0.138 e. The molecule has 4 nitrogen and oxygen atoms in total. The van der Waals surface area contributed by atoms with Crippen LogP contribution in [0.5, 0.6) is 5.75 Å². The van der Waals surface area contributed by atoms with Gasteiger partial charge in [-0.05, 0) is 25.1 Å². The van der Waals surface area contributed by atoms with Gasteiger partial charge in [0.05, 0.1) is 18.2 Å². The lowest BCUT2D eigenvalue weighted by molar-refractivity contribution is 0.340. The Labute approximate surface area is 112 Å². The first-order valence-electron chi connectivity index (χ1n) is 5.83. The largest absolute Gasteiger partial charge is 0.492 e. The summed E-state index contributed by atoms with van der Waals surface area (Å²) in [5, 5.41) is 3.89. The van der Waals surface area contributed by atoms with Crippen molar-refractivity contribution in [2.24, 2.45) is 7.05 Å². The molecule has 96 valence electrons. The second-order valence-corrected chi connectivity index (χ2v) is 4.29. The highest BCUT2D eigenvalue weighted by Gasteiger charge is 2.03. The molecule has 1 N–H and O–H groups in total. The highest BCUT2D eigenvalue weighted by Crippen LogP contribution is 2.27. The van der Waals surface area contributed by atoms with E-state index in [1.165, 1.54) is 0 Å². The molecular weight excluding hydrogens is 250 g/mol. The topological polar surface area (TPSA) is 39.1 Å². The first kappa shape index (κ1) is 12.8. The van der Waals surface area contributed by atoms with Crippen LogP contribution in [-0.4, -0.2) is 16.2 Å². The lowest BCUT2D eigenvalue weighted by Gasteiger charge is -2.09. The Morgan fingerprint density at radius 1 is 1.44 bits per heavy atom. The molecule has 2 aromatic rings. The zero-order chi connectivity index (χ0) is 13.0. The van der Waals surface area contributed by atoms with Crippen LogP contribution in [0, 0.1) is 0 Å². The lowest BCUT2D eigenvalue weighted by atomic mass is 10.3. The van der Waals surface area contributed by atoms with Crippen molar-refractivity contribution in [1.82, 2.24) is 9.55 Å². The van der Waals surface area contributed by atoms with Gasteiger partial charge in [-0.25, -0.2) is 4.98 Å². The summed E-state index contributed by atoms with van der Waals surface area (Å²) in [5.74, 6) is 1.68. The number of imidazole rings is 1. The molecular formula is C13H16ClN3O. The summed E-state index contributed by atoms with van der Waals surface area (Å²) in [7, 11) is 1.97. The molecule has 1 heterocycles. The van der Waals surface area contributed by atoms with Crippen LogP contribution in [0.15, 0.2) is 30.6 Å². The number of anilines is 1. The summed E-state index contributed by atoms with van der Waals surface area (Å²) in [6.45, 7) is 3.21. The van der Waals surface area contributed by atoms with Crippen LogP contribution in [0.4, 0.5) is 5.69 Å². The molecule has 2 rings (SSSR count). The molecule has 5 heteroatoms. The Balaban J connectivity index is 2.02. The number of hydrogen-bond acceptors (Lipinski definition) is 3. The van der Waals surface area contributed by atoms with Crippen molar-refractivity contribution < 1.29 is 4.74 Å². The monoisotopic (exact) mass is 265 g/mol. The molecule has 0 fully saturated rings. The Bertz CT molecular complexity index is 525. The maximum absolute atomic E-state index is 6.11. The fourth-order valence-electron chi connectivity index (χ4n) is 1.63. The smallest absolute Gasteiger partial charge is 0.138 e. The summed E-state index contributed by atoms with van der Waals surface area (Å²) in [6, 6.07) is 5.67. The molecule has 0 radical (unpaired) electrons. The standard InChI is InChI=1S/C13H16ClN3O/c1-3-18-12-5-4-10(8-11(12)14)16-9-13-15-6-7-17(13)2/h4-8,16H,3,9H2,1-2H3. The summed E-state index contributed by atoms with van der Waals surface area (Å²) < 4.78 is 7.36. The van der Waals surface area contributed by atoms with Crippen molar-refractivity contribution in [3.63, 3.8) is 0 Å². The summed E-state index contributed by atoms with van der Waals surface area (Å²) in [6.07, 6.45) is 3.70. The van der Waals surface area contributed by atoms with Gasteiger partial charge in [0.15, 0.2) is 0 Å². The lowest BCUT2D eigenvalue weighted by Crippen LogP contribution is -2.05. The van der Waals surface area contributed by atoms with Crippen LogP contribution in [0.3, 0.4) is 0 Å². The van der Waals surface area contributed by atoms with Crippen LogP contribution in [0.2, 0.25) is 5.02 Å². The van der Waals surface area contributed by atoms with E-state index < -0.39 is 0 Å². The Morgan fingerprint density at radius 3 is 2.89 bits per heavy atom. The number of benzene rings is 1. The Morgan fingerprint density at radius 2 is 2.28 bits per heavy atom. The molecule has 0 spiro atoms. The molecule has 0 saturated carbocycles. The number of nitrogens with zero attached hydrogens (tertiary/aromatic N) is 2. The van der Waals surface area contributed by atoms with Crippen molar-refractivity contribution in [2.75, 3.05) is 11.9 Å². The van der Waals surface area contributed by atoms with E-state index in [1.807, 2.05) is 42.9 Å². The number of aryl methyl sites for hydroxylation is 1. The third kappa shape index (κ3) is 2.96. The zero-order valence-corrected chi connectivity index (χ0v) is 11.2. The molecule has 0 aliphatic carbocycles. The maximum atomic E-state index is 6.11. The van der Waals surface area contributed by atoms with Gasteiger partial charge in [0.25, 0.3) is 0 Å². The van der Waals surface area contributed by atoms with Gasteiger partial charge in [0.2, 0.25) is 0 Å². The van der Waals surface area contributed by atoms with Gasteiger partial charge in [-0.2, -0.15) is 0 Å². The highest BCUT2D eigenvalue weighted by molar-refractivity contribution is 6.32. The minimum absolute atomic E-state index is 0.611. The minimum Gasteiger partial charge on any atom is -0.492 e. The predicted molar refractivity (Wildman–Crippen MR) is 73.2 cm³/mol. The van der Waals surface area contributed by atoms with Crippen LogP contribution < -0.4 is 10.1 Å². The van der Waals surface area contributed by atoms with Gasteiger partial charge in [-0.1, -0.05) is 11.6 Å². The number of aromatic nitrogens is 2. The summed E-state index contributed by atoms with van der Waals surface area (Å²) in [5.41, 5.74) is 0.950. The summed E-state index contributed by atoms with van der Waals surface area (Å²) in [4.78, 5) is 4.24. The second-order valence-electron chi connectivity index (χ2n) is 3.89. The van der Waals surface area contributed by atoms with E-state index >= 15 is 0 Å². The molecule has 1 aromatic heterocycles. The third-order valence-electron chi connectivity index (χ3n) is 2.60. The fourth-order valence-corrected chi connectivity index (χ4v) is 1.87. The van der Waals surface area contributed by atoms with E-state index in [0.29, 0.717) is 23.9 Å². The molecule has 0 saturated heterocycles. The van der Waals surface area contributed by atoms with E-state index in [4.69, 9.17) is 16.3 Å². The first-order valence-corrected chi connectivity index (χ1v) is 6.21. The van der Waals surface area contributed by atoms with Gasteiger partial charge in [-0.15, -0.1) is 0 Å². The zero-order valence-electron chi connectivity index (χ0n) is 10.5. The van der Waals surface area contributed by atoms with Gasteiger partial charge in [0.1, 0.15) is 11.6 Å². The van der Waals surface area contributed by atoms with Gasteiger partial charge in [0, 0.05) is 25.1 Å². The third-order valence-corrected chi connectivity index (χ3v) is 2.90. The van der Waals surface area contributed by atoms with Crippen LogP contribution >= 0.6 is 11.6 Å². The van der Waals surface area contributed by atoms with Crippen LogP contribution in [-0.2, 0) is 13.6 Å². The fraction of sp³-hybridized carbons (Fsp3) is 0.308. The molecule has 0 aliphatic rings. The van der Waals surface area contributed by atoms with Crippen molar-refractivity contribution >= 4 is 17.3 Å². The van der Waals surface area contributed by atoms with Crippen molar-refractivity contribution in [3.05, 3.63) is 41.4 Å². The Hall–Kier alpha value is -1.68. The molecule has 0 unspecified atom stereocenters.